The van der Waals surface area contributed by atoms with Gasteiger partial charge in [0.1, 0.15) is 11.6 Å². The van der Waals surface area contributed by atoms with Crippen molar-refractivity contribution in [1.82, 2.24) is 20.0 Å². The zero-order chi connectivity index (χ0) is 11.4. The SMILES string of the molecule is FC(F)n1ccnc1CNCc1ccno1. The molecule has 7 heteroatoms. The molecule has 2 rings (SSSR count). The van der Waals surface area contributed by atoms with Crippen LogP contribution in [0, 0.1) is 0 Å². The van der Waals surface area contributed by atoms with Crippen LogP contribution in [0.4, 0.5) is 8.78 Å². The van der Waals surface area contributed by atoms with Crippen LogP contribution in [0.15, 0.2) is 29.2 Å². The van der Waals surface area contributed by atoms with Gasteiger partial charge in [0.15, 0.2) is 0 Å². The first-order chi connectivity index (χ1) is 7.77. The Hall–Kier alpha value is -1.76. The van der Waals surface area contributed by atoms with Gasteiger partial charge in [0, 0.05) is 18.5 Å². The van der Waals surface area contributed by atoms with Crippen LogP contribution in [0.3, 0.4) is 0 Å². The zero-order valence-electron chi connectivity index (χ0n) is 8.31. The summed E-state index contributed by atoms with van der Waals surface area (Å²) in [4.78, 5) is 3.83. The van der Waals surface area contributed by atoms with Crippen LogP contribution in [0.1, 0.15) is 18.1 Å². The van der Waals surface area contributed by atoms with E-state index in [1.807, 2.05) is 0 Å². The average molecular weight is 228 g/mol. The Morgan fingerprint density at radius 1 is 1.38 bits per heavy atom. The largest absolute Gasteiger partial charge is 0.360 e. The molecule has 0 bridgehead atoms. The van der Waals surface area contributed by atoms with Gasteiger partial charge < -0.3 is 9.84 Å². The topological polar surface area (TPSA) is 55.9 Å². The molecule has 86 valence electrons. The predicted molar refractivity (Wildman–Crippen MR) is 50.5 cm³/mol. The smallest absolute Gasteiger partial charge is 0.319 e. The van der Waals surface area contributed by atoms with Gasteiger partial charge in [-0.2, -0.15) is 8.78 Å². The van der Waals surface area contributed by atoms with E-state index in [4.69, 9.17) is 4.52 Å². The molecule has 0 saturated heterocycles. The van der Waals surface area contributed by atoms with Crippen molar-refractivity contribution >= 4 is 0 Å². The summed E-state index contributed by atoms with van der Waals surface area (Å²) < 4.78 is 30.5. The highest BCUT2D eigenvalue weighted by Crippen LogP contribution is 2.12. The molecule has 2 heterocycles. The summed E-state index contributed by atoms with van der Waals surface area (Å²) >= 11 is 0. The normalized spacial score (nSPS) is 11.2. The van der Waals surface area contributed by atoms with Crippen LogP contribution in [0.5, 0.6) is 0 Å². The van der Waals surface area contributed by atoms with E-state index in [2.05, 4.69) is 15.5 Å². The van der Waals surface area contributed by atoms with Crippen molar-refractivity contribution in [3.8, 4) is 0 Å². The standard InChI is InChI=1S/C9H10F2N4O/c10-9(11)15-4-3-13-8(15)6-12-5-7-1-2-14-16-7/h1-4,9,12H,5-6H2. The van der Waals surface area contributed by atoms with Gasteiger partial charge in [-0.15, -0.1) is 0 Å². The molecule has 16 heavy (non-hydrogen) atoms. The van der Waals surface area contributed by atoms with Crippen LogP contribution in [0.2, 0.25) is 0 Å². The third-order valence-electron chi connectivity index (χ3n) is 2.03. The van der Waals surface area contributed by atoms with Crippen molar-refractivity contribution in [2.75, 3.05) is 0 Å². The van der Waals surface area contributed by atoms with Crippen molar-refractivity contribution in [3.05, 3.63) is 36.2 Å². The summed E-state index contributed by atoms with van der Waals surface area (Å²) in [5, 5.41) is 6.46. The fourth-order valence-electron chi connectivity index (χ4n) is 1.29. The number of aromatic nitrogens is 3. The minimum atomic E-state index is -2.57. The molecule has 0 aliphatic carbocycles. The van der Waals surface area contributed by atoms with Gasteiger partial charge in [-0.1, -0.05) is 5.16 Å². The average Bonchev–Trinajstić information content (AvgIpc) is 2.87. The molecule has 1 N–H and O–H groups in total. The molecule has 0 amide bonds. The van der Waals surface area contributed by atoms with Crippen molar-refractivity contribution in [2.24, 2.45) is 0 Å². The van der Waals surface area contributed by atoms with Gasteiger partial charge >= 0.3 is 6.55 Å². The van der Waals surface area contributed by atoms with Crippen molar-refractivity contribution < 1.29 is 13.3 Å². The van der Waals surface area contributed by atoms with E-state index in [9.17, 15) is 8.78 Å². The third-order valence-corrected chi connectivity index (χ3v) is 2.03. The Labute approximate surface area is 90.1 Å². The van der Waals surface area contributed by atoms with E-state index >= 15 is 0 Å². The molecule has 0 radical (unpaired) electrons. The Balaban J connectivity index is 1.87. The quantitative estimate of drug-likeness (QED) is 0.843. The lowest BCUT2D eigenvalue weighted by Gasteiger charge is -2.06. The number of alkyl halides is 2. The Morgan fingerprint density at radius 3 is 2.94 bits per heavy atom. The number of nitrogens with one attached hydrogen (secondary N) is 1. The maximum Gasteiger partial charge on any atom is 0.319 e. The van der Waals surface area contributed by atoms with Crippen LogP contribution in [-0.4, -0.2) is 14.7 Å². The van der Waals surface area contributed by atoms with Crippen LogP contribution in [0.25, 0.3) is 0 Å². The maximum absolute atomic E-state index is 12.4. The second kappa shape index (κ2) is 4.84. The number of hydrogen-bond acceptors (Lipinski definition) is 4. The summed E-state index contributed by atoms with van der Waals surface area (Å²) in [5.41, 5.74) is 0. The molecule has 0 spiro atoms. The molecule has 0 unspecified atom stereocenters. The molecule has 0 atom stereocenters. The van der Waals surface area contributed by atoms with E-state index < -0.39 is 6.55 Å². The van der Waals surface area contributed by atoms with E-state index in [-0.39, 0.29) is 12.4 Å². The van der Waals surface area contributed by atoms with E-state index in [0.717, 1.165) is 4.57 Å². The first-order valence-electron chi connectivity index (χ1n) is 4.67. The molecular formula is C9H10F2N4O. The molecular weight excluding hydrogens is 218 g/mol. The zero-order valence-corrected chi connectivity index (χ0v) is 8.31. The molecule has 2 aromatic rings. The lowest BCUT2D eigenvalue weighted by Crippen LogP contribution is -2.16. The molecule has 2 aromatic heterocycles. The van der Waals surface area contributed by atoms with Gasteiger partial charge in [0.25, 0.3) is 0 Å². The van der Waals surface area contributed by atoms with Gasteiger partial charge in [0.2, 0.25) is 0 Å². The van der Waals surface area contributed by atoms with Crippen molar-refractivity contribution in [1.29, 1.82) is 0 Å². The monoisotopic (exact) mass is 228 g/mol. The lowest BCUT2D eigenvalue weighted by atomic mass is 10.4. The Morgan fingerprint density at radius 2 is 2.25 bits per heavy atom. The van der Waals surface area contributed by atoms with E-state index in [1.54, 1.807) is 6.07 Å². The second-order valence-corrected chi connectivity index (χ2v) is 3.11. The minimum Gasteiger partial charge on any atom is -0.360 e. The fourth-order valence-corrected chi connectivity index (χ4v) is 1.29. The molecule has 5 nitrogen and oxygen atoms in total. The van der Waals surface area contributed by atoms with E-state index in [0.29, 0.717) is 12.3 Å². The molecule has 0 aromatic carbocycles. The number of nitrogens with zero attached hydrogens (tertiary/aromatic N) is 3. The highest BCUT2D eigenvalue weighted by Gasteiger charge is 2.10. The highest BCUT2D eigenvalue weighted by atomic mass is 19.3. The van der Waals surface area contributed by atoms with Crippen molar-refractivity contribution in [3.63, 3.8) is 0 Å². The molecule has 0 saturated carbocycles. The molecule has 0 fully saturated rings. The second-order valence-electron chi connectivity index (χ2n) is 3.11. The molecule has 0 aliphatic rings. The third kappa shape index (κ3) is 2.43. The summed E-state index contributed by atoms with van der Waals surface area (Å²) in [5.74, 6) is 0.935. The number of rotatable bonds is 5. The first kappa shape index (κ1) is 10.7. The highest BCUT2D eigenvalue weighted by molar-refractivity contribution is 4.95. The van der Waals surface area contributed by atoms with Crippen molar-refractivity contribution in [2.45, 2.75) is 19.6 Å². The summed E-state index contributed by atoms with van der Waals surface area (Å²) in [7, 11) is 0. The summed E-state index contributed by atoms with van der Waals surface area (Å²) in [6, 6.07) is 1.70. The lowest BCUT2D eigenvalue weighted by molar-refractivity contribution is 0.0666. The van der Waals surface area contributed by atoms with Gasteiger partial charge in [-0.05, 0) is 0 Å². The minimum absolute atomic E-state index is 0.248. The Kier molecular flexibility index (Phi) is 3.25. The van der Waals surface area contributed by atoms with Gasteiger partial charge in [0.05, 0.1) is 19.3 Å². The van der Waals surface area contributed by atoms with Crippen LogP contribution in [-0.2, 0) is 13.1 Å². The predicted octanol–water partition coefficient (Wildman–Crippen LogP) is 1.56. The number of halogens is 2. The van der Waals surface area contributed by atoms with Crippen LogP contribution >= 0.6 is 0 Å². The summed E-state index contributed by atoms with van der Waals surface area (Å²) in [6.07, 6.45) is 4.12. The number of hydrogen-bond donors (Lipinski definition) is 1. The molecule has 0 aliphatic heterocycles. The van der Waals surface area contributed by atoms with Crippen LogP contribution < -0.4 is 5.32 Å². The van der Waals surface area contributed by atoms with Gasteiger partial charge in [-0.3, -0.25) is 4.57 Å². The summed E-state index contributed by atoms with van der Waals surface area (Å²) in [6.45, 7) is -1.89. The number of imidazole rings is 1. The maximum atomic E-state index is 12.4. The van der Waals surface area contributed by atoms with E-state index in [1.165, 1.54) is 18.6 Å². The first-order valence-corrected chi connectivity index (χ1v) is 4.67. The van der Waals surface area contributed by atoms with Gasteiger partial charge in [-0.25, -0.2) is 4.98 Å². The fraction of sp³-hybridized carbons (Fsp3) is 0.333. The Bertz CT molecular complexity index is 426.